The van der Waals surface area contributed by atoms with Crippen LogP contribution in [0, 0.1) is 3.57 Å². The smallest absolute Gasteiger partial charge is 0.247 e. The van der Waals surface area contributed by atoms with Gasteiger partial charge in [-0.3, -0.25) is 14.4 Å². The number of amides is 2. The van der Waals surface area contributed by atoms with Crippen LogP contribution in [0.5, 0.6) is 11.5 Å². The zero-order valence-corrected chi connectivity index (χ0v) is 23.9. The molecular formula is C28H37IN2O7. The van der Waals surface area contributed by atoms with Gasteiger partial charge in [-0.25, -0.2) is 0 Å². The summed E-state index contributed by atoms with van der Waals surface area (Å²) in [5.41, 5.74) is 0.783. The van der Waals surface area contributed by atoms with Gasteiger partial charge in [0.05, 0.1) is 23.3 Å². The highest BCUT2D eigenvalue weighted by molar-refractivity contribution is 14.1. The maximum Gasteiger partial charge on any atom is 0.247 e. The zero-order valence-electron chi connectivity index (χ0n) is 21.7. The van der Waals surface area contributed by atoms with Crippen molar-refractivity contribution >= 4 is 40.7 Å². The van der Waals surface area contributed by atoms with Gasteiger partial charge in [-0.05, 0) is 60.1 Å². The SMILES string of the molecule is C=CCCC(=O)N(C1CCCCC1)C1CC(C(=O)NCCO)=CC(Oc2c(I)cc(C=O)cc2OC)C1O. The van der Waals surface area contributed by atoms with E-state index in [1.165, 1.54) is 7.11 Å². The van der Waals surface area contributed by atoms with Crippen LogP contribution in [-0.4, -0.2) is 77.8 Å². The Morgan fingerprint density at radius 3 is 2.63 bits per heavy atom. The van der Waals surface area contributed by atoms with Crippen molar-refractivity contribution in [3.05, 3.63) is 45.6 Å². The molecule has 0 bridgehead atoms. The summed E-state index contributed by atoms with van der Waals surface area (Å²) in [6.07, 6.45) is 7.61. The van der Waals surface area contributed by atoms with Gasteiger partial charge in [-0.1, -0.05) is 25.3 Å². The van der Waals surface area contributed by atoms with Crippen LogP contribution in [0.1, 0.15) is 61.7 Å². The lowest BCUT2D eigenvalue weighted by Gasteiger charge is -2.45. The standard InChI is InChI=1S/C28H37IN2O7/c1-3-4-10-25(34)31(20-8-6-5-7-9-20)22-15-19(28(36)30-11-12-32)16-23(26(22)35)38-27-21(29)13-18(17-33)14-24(27)37-2/h3,13-14,16-17,20,22-23,26,32,35H,1,4-12,15H2,2H3,(H,30,36). The summed E-state index contributed by atoms with van der Waals surface area (Å²) in [4.78, 5) is 39.6. The van der Waals surface area contributed by atoms with Gasteiger partial charge < -0.3 is 29.9 Å². The molecule has 38 heavy (non-hydrogen) atoms. The van der Waals surface area contributed by atoms with Crippen molar-refractivity contribution < 1.29 is 34.1 Å². The lowest BCUT2D eigenvalue weighted by Crippen LogP contribution is -2.58. The van der Waals surface area contributed by atoms with Gasteiger partial charge in [-0.2, -0.15) is 0 Å². The number of halogens is 1. The number of carbonyl (C=O) groups is 3. The molecule has 0 spiro atoms. The molecule has 1 aromatic carbocycles. The number of hydrogen-bond acceptors (Lipinski definition) is 7. The Morgan fingerprint density at radius 2 is 2.00 bits per heavy atom. The molecule has 1 fully saturated rings. The number of aliphatic hydroxyl groups is 2. The molecule has 3 atom stereocenters. The normalized spacial score (nSPS) is 21.7. The Balaban J connectivity index is 2.02. The Morgan fingerprint density at radius 1 is 1.26 bits per heavy atom. The molecule has 9 nitrogen and oxygen atoms in total. The fraction of sp³-hybridized carbons (Fsp3) is 0.536. The van der Waals surface area contributed by atoms with E-state index in [1.807, 2.05) is 22.6 Å². The number of nitrogens with one attached hydrogen (secondary N) is 1. The third kappa shape index (κ3) is 7.35. The van der Waals surface area contributed by atoms with E-state index < -0.39 is 18.2 Å². The predicted octanol–water partition coefficient (Wildman–Crippen LogP) is 3.16. The van der Waals surface area contributed by atoms with E-state index in [4.69, 9.17) is 9.47 Å². The number of allylic oxidation sites excluding steroid dienone is 1. The Hall–Kier alpha value is -2.44. The second kappa shape index (κ2) is 14.6. The van der Waals surface area contributed by atoms with Crippen molar-refractivity contribution in [2.75, 3.05) is 20.3 Å². The van der Waals surface area contributed by atoms with Crippen LogP contribution >= 0.6 is 22.6 Å². The molecule has 0 heterocycles. The van der Waals surface area contributed by atoms with E-state index in [-0.39, 0.29) is 43.8 Å². The molecule has 1 aromatic rings. The summed E-state index contributed by atoms with van der Waals surface area (Å²) >= 11 is 2.03. The van der Waals surface area contributed by atoms with Gasteiger partial charge in [0.25, 0.3) is 0 Å². The quantitative estimate of drug-likeness (QED) is 0.182. The lowest BCUT2D eigenvalue weighted by molar-refractivity contribution is -0.143. The van der Waals surface area contributed by atoms with E-state index >= 15 is 0 Å². The highest BCUT2D eigenvalue weighted by Crippen LogP contribution is 2.38. The number of hydrogen-bond donors (Lipinski definition) is 3. The van der Waals surface area contributed by atoms with Crippen LogP contribution in [0.2, 0.25) is 0 Å². The summed E-state index contributed by atoms with van der Waals surface area (Å²) in [5, 5.41) is 23.5. The maximum absolute atomic E-state index is 13.5. The number of aldehydes is 1. The molecule has 0 radical (unpaired) electrons. The second-order valence-electron chi connectivity index (χ2n) is 9.59. The second-order valence-corrected chi connectivity index (χ2v) is 10.8. The third-order valence-corrected chi connectivity index (χ3v) is 7.83. The number of benzene rings is 1. The minimum atomic E-state index is -1.12. The topological polar surface area (TPSA) is 125 Å². The third-order valence-electron chi connectivity index (χ3n) is 7.03. The first-order valence-corrected chi connectivity index (χ1v) is 14.1. The highest BCUT2D eigenvalue weighted by atomic mass is 127. The van der Waals surface area contributed by atoms with Crippen molar-refractivity contribution in [3.63, 3.8) is 0 Å². The number of rotatable bonds is 12. The molecule has 2 aliphatic carbocycles. The molecule has 3 unspecified atom stereocenters. The van der Waals surface area contributed by atoms with Crippen molar-refractivity contribution in [1.82, 2.24) is 10.2 Å². The van der Waals surface area contributed by atoms with Gasteiger partial charge in [0.1, 0.15) is 18.5 Å². The van der Waals surface area contributed by atoms with E-state index in [2.05, 4.69) is 11.9 Å². The largest absolute Gasteiger partial charge is 0.493 e. The van der Waals surface area contributed by atoms with Crippen LogP contribution in [0.3, 0.4) is 0 Å². The van der Waals surface area contributed by atoms with E-state index in [9.17, 15) is 24.6 Å². The van der Waals surface area contributed by atoms with Crippen LogP contribution in [0.4, 0.5) is 0 Å². The van der Waals surface area contributed by atoms with Crippen molar-refractivity contribution in [2.45, 2.75) is 75.7 Å². The Bertz CT molecular complexity index is 1040. The molecule has 3 rings (SSSR count). The van der Waals surface area contributed by atoms with Gasteiger partial charge in [-0.15, -0.1) is 6.58 Å². The minimum Gasteiger partial charge on any atom is -0.493 e. The van der Waals surface area contributed by atoms with Crippen LogP contribution in [0.15, 0.2) is 36.4 Å². The average Bonchev–Trinajstić information content (AvgIpc) is 2.93. The minimum absolute atomic E-state index is 0.0391. The maximum atomic E-state index is 13.5. The highest BCUT2D eigenvalue weighted by Gasteiger charge is 2.43. The predicted molar refractivity (Wildman–Crippen MR) is 151 cm³/mol. The van der Waals surface area contributed by atoms with Gasteiger partial charge in [0, 0.05) is 36.6 Å². The van der Waals surface area contributed by atoms with E-state index in [0.29, 0.717) is 38.9 Å². The Kier molecular flexibility index (Phi) is 11.6. The molecule has 208 valence electrons. The number of ether oxygens (including phenoxy) is 2. The van der Waals surface area contributed by atoms with Crippen molar-refractivity contribution in [1.29, 1.82) is 0 Å². The molecule has 2 aliphatic rings. The first-order chi connectivity index (χ1) is 18.3. The molecule has 1 saturated carbocycles. The van der Waals surface area contributed by atoms with Crippen LogP contribution in [0.25, 0.3) is 0 Å². The molecule has 0 saturated heterocycles. The summed E-state index contributed by atoms with van der Waals surface area (Å²) in [7, 11) is 1.46. The van der Waals surface area contributed by atoms with E-state index in [1.54, 1.807) is 29.2 Å². The molecular weight excluding hydrogens is 603 g/mol. The Labute approximate surface area is 237 Å². The van der Waals surface area contributed by atoms with Gasteiger partial charge in [0.2, 0.25) is 11.8 Å². The van der Waals surface area contributed by atoms with Crippen molar-refractivity contribution in [3.8, 4) is 11.5 Å². The summed E-state index contributed by atoms with van der Waals surface area (Å²) in [6, 6.07) is 2.47. The number of methoxy groups -OCH3 is 1. The monoisotopic (exact) mass is 640 g/mol. The zero-order chi connectivity index (χ0) is 27.7. The summed E-state index contributed by atoms with van der Waals surface area (Å²) < 4.78 is 12.3. The number of aliphatic hydroxyl groups excluding tert-OH is 2. The molecule has 3 N–H and O–H groups in total. The van der Waals surface area contributed by atoms with Crippen LogP contribution in [-0.2, 0) is 9.59 Å². The van der Waals surface area contributed by atoms with Crippen LogP contribution < -0.4 is 14.8 Å². The van der Waals surface area contributed by atoms with Gasteiger partial charge in [0.15, 0.2) is 11.5 Å². The first-order valence-electron chi connectivity index (χ1n) is 13.0. The molecule has 10 heteroatoms. The van der Waals surface area contributed by atoms with Crippen molar-refractivity contribution in [2.24, 2.45) is 0 Å². The van der Waals surface area contributed by atoms with Gasteiger partial charge >= 0.3 is 0 Å². The number of carbonyl (C=O) groups excluding carboxylic acids is 3. The lowest BCUT2D eigenvalue weighted by atomic mass is 9.85. The summed E-state index contributed by atoms with van der Waals surface area (Å²) in [5.74, 6) is 0.180. The molecule has 2 amide bonds. The molecule has 0 aliphatic heterocycles. The van der Waals surface area contributed by atoms with E-state index in [0.717, 1.165) is 32.1 Å². The fourth-order valence-corrected chi connectivity index (χ4v) is 5.93. The molecule has 0 aromatic heterocycles. The number of nitrogens with zero attached hydrogens (tertiary/aromatic N) is 1. The summed E-state index contributed by atoms with van der Waals surface area (Å²) in [6.45, 7) is 3.61. The first kappa shape index (κ1) is 30.1. The average molecular weight is 641 g/mol. The fourth-order valence-electron chi connectivity index (χ4n) is 5.18.